The predicted molar refractivity (Wildman–Crippen MR) is 114 cm³/mol. The summed E-state index contributed by atoms with van der Waals surface area (Å²) in [6, 6.07) is 15.4. The van der Waals surface area contributed by atoms with Crippen molar-refractivity contribution in [3.63, 3.8) is 0 Å². The second-order valence-corrected chi connectivity index (χ2v) is 8.13. The Morgan fingerprint density at radius 1 is 1.13 bits per heavy atom. The monoisotopic (exact) mass is 423 g/mol. The molecule has 1 N–H and O–H groups in total. The molecule has 0 aliphatic carbocycles. The molecule has 154 valence electrons. The molecule has 0 fully saturated rings. The number of rotatable bonds is 6. The Bertz CT molecular complexity index is 1240. The Labute approximate surface area is 176 Å². The summed E-state index contributed by atoms with van der Waals surface area (Å²) in [5, 5.41) is 9.46. The molecule has 0 saturated carbocycles. The second kappa shape index (κ2) is 7.91. The highest BCUT2D eigenvalue weighted by Gasteiger charge is 2.27. The number of nitrogens with zero attached hydrogens (tertiary/aromatic N) is 4. The summed E-state index contributed by atoms with van der Waals surface area (Å²) in [5.41, 5.74) is 1.73. The van der Waals surface area contributed by atoms with Gasteiger partial charge in [0.15, 0.2) is 28.6 Å². The Kier molecular flexibility index (Phi) is 4.96. The standard InChI is InChI=1S/C21H21N5O3S/c1-25-19(18-13-28-16-9-4-5-10-17(16)29-18)23-24-21(25)30-12-6-11-26-15-8-3-2-7-14(15)22-20(26)27/h2-5,7-10,18H,6,11-13H2,1H3,(H,22,27). The fourth-order valence-corrected chi connectivity index (χ4v) is 4.44. The number of H-pyrrole nitrogens is 1. The highest BCUT2D eigenvalue weighted by atomic mass is 32.2. The van der Waals surface area contributed by atoms with Gasteiger partial charge in [-0.3, -0.25) is 4.57 Å². The Balaban J connectivity index is 1.21. The molecule has 8 nitrogen and oxygen atoms in total. The van der Waals surface area contributed by atoms with Crippen molar-refractivity contribution in [3.8, 4) is 11.5 Å². The van der Waals surface area contributed by atoms with E-state index in [1.54, 1.807) is 16.3 Å². The van der Waals surface area contributed by atoms with E-state index in [9.17, 15) is 4.79 Å². The Morgan fingerprint density at radius 3 is 2.83 bits per heavy atom. The summed E-state index contributed by atoms with van der Waals surface area (Å²) in [6.07, 6.45) is 0.543. The number of para-hydroxylation sites is 4. The van der Waals surface area contributed by atoms with Crippen LogP contribution in [0.3, 0.4) is 0 Å². The Hall–Kier alpha value is -3.20. The largest absolute Gasteiger partial charge is 0.485 e. The van der Waals surface area contributed by atoms with Gasteiger partial charge in [0.2, 0.25) is 0 Å². The molecule has 1 aliphatic heterocycles. The van der Waals surface area contributed by atoms with Crippen LogP contribution < -0.4 is 15.2 Å². The van der Waals surface area contributed by atoms with Crippen LogP contribution in [0, 0.1) is 0 Å². The zero-order valence-corrected chi connectivity index (χ0v) is 17.3. The molecule has 1 atom stereocenters. The van der Waals surface area contributed by atoms with Crippen molar-refractivity contribution in [2.24, 2.45) is 7.05 Å². The van der Waals surface area contributed by atoms with E-state index >= 15 is 0 Å². The third kappa shape index (κ3) is 3.45. The van der Waals surface area contributed by atoms with E-state index in [1.807, 2.05) is 60.1 Å². The molecule has 1 aliphatic rings. The predicted octanol–water partition coefficient (Wildman–Crippen LogP) is 3.15. The van der Waals surface area contributed by atoms with Gasteiger partial charge < -0.3 is 19.0 Å². The van der Waals surface area contributed by atoms with Crippen molar-refractivity contribution in [1.82, 2.24) is 24.3 Å². The number of aryl methyl sites for hydroxylation is 1. The van der Waals surface area contributed by atoms with Gasteiger partial charge in [0.05, 0.1) is 11.0 Å². The number of hydrogen-bond donors (Lipinski definition) is 1. The molecule has 5 rings (SSSR count). The molecule has 0 radical (unpaired) electrons. The summed E-state index contributed by atoms with van der Waals surface area (Å²) in [4.78, 5) is 15.1. The summed E-state index contributed by atoms with van der Waals surface area (Å²) >= 11 is 1.62. The number of benzene rings is 2. The van der Waals surface area contributed by atoms with Gasteiger partial charge in [-0.2, -0.15) is 0 Å². The van der Waals surface area contributed by atoms with Gasteiger partial charge in [-0.15, -0.1) is 10.2 Å². The highest BCUT2D eigenvalue weighted by molar-refractivity contribution is 7.99. The minimum absolute atomic E-state index is 0.0723. The van der Waals surface area contributed by atoms with Crippen LogP contribution >= 0.6 is 11.8 Å². The fourth-order valence-electron chi connectivity index (χ4n) is 3.59. The second-order valence-electron chi connectivity index (χ2n) is 7.06. The zero-order valence-electron chi connectivity index (χ0n) is 16.4. The van der Waals surface area contributed by atoms with Gasteiger partial charge in [-0.25, -0.2) is 4.79 Å². The van der Waals surface area contributed by atoms with Gasteiger partial charge in [0.25, 0.3) is 0 Å². The van der Waals surface area contributed by atoms with Crippen molar-refractivity contribution >= 4 is 22.8 Å². The van der Waals surface area contributed by atoms with Crippen LogP contribution in [0.4, 0.5) is 0 Å². The minimum Gasteiger partial charge on any atom is -0.485 e. The first-order valence-electron chi connectivity index (χ1n) is 9.79. The molecule has 1 unspecified atom stereocenters. The molecule has 4 aromatic rings. The van der Waals surface area contributed by atoms with Gasteiger partial charge in [0.1, 0.15) is 6.61 Å². The number of thioether (sulfide) groups is 1. The van der Waals surface area contributed by atoms with E-state index in [1.165, 1.54) is 0 Å². The number of hydrogen-bond acceptors (Lipinski definition) is 6. The van der Waals surface area contributed by atoms with Crippen LogP contribution in [0.5, 0.6) is 11.5 Å². The van der Waals surface area contributed by atoms with Gasteiger partial charge in [-0.05, 0) is 30.7 Å². The summed E-state index contributed by atoms with van der Waals surface area (Å²) in [5.74, 6) is 3.02. The van der Waals surface area contributed by atoms with Crippen LogP contribution in [0.1, 0.15) is 18.3 Å². The molecule has 0 amide bonds. The number of imidazole rings is 1. The van der Waals surface area contributed by atoms with Crippen molar-refractivity contribution in [1.29, 1.82) is 0 Å². The average Bonchev–Trinajstić information content (AvgIpc) is 3.30. The maximum Gasteiger partial charge on any atom is 0.326 e. The van der Waals surface area contributed by atoms with Gasteiger partial charge in [-0.1, -0.05) is 36.0 Å². The smallest absolute Gasteiger partial charge is 0.326 e. The van der Waals surface area contributed by atoms with Crippen LogP contribution in [0.15, 0.2) is 58.5 Å². The Morgan fingerprint density at radius 2 is 1.93 bits per heavy atom. The van der Waals surface area contributed by atoms with E-state index in [4.69, 9.17) is 9.47 Å². The number of fused-ring (bicyclic) bond motifs is 2. The maximum absolute atomic E-state index is 12.2. The normalized spacial score (nSPS) is 15.6. The lowest BCUT2D eigenvalue weighted by Gasteiger charge is -2.25. The molecule has 30 heavy (non-hydrogen) atoms. The first-order valence-corrected chi connectivity index (χ1v) is 10.8. The van der Waals surface area contributed by atoms with Crippen molar-refractivity contribution < 1.29 is 9.47 Å². The topological polar surface area (TPSA) is 87.0 Å². The molecule has 0 saturated heterocycles. The van der Waals surface area contributed by atoms with Crippen LogP contribution in [0.2, 0.25) is 0 Å². The van der Waals surface area contributed by atoms with Crippen molar-refractivity contribution in [2.75, 3.05) is 12.4 Å². The minimum atomic E-state index is -0.295. The first kappa shape index (κ1) is 18.8. The van der Waals surface area contributed by atoms with Crippen LogP contribution in [-0.2, 0) is 13.6 Å². The summed E-state index contributed by atoms with van der Waals surface area (Å²) < 4.78 is 15.6. The van der Waals surface area contributed by atoms with E-state index in [0.717, 1.165) is 45.7 Å². The summed E-state index contributed by atoms with van der Waals surface area (Å²) in [6.45, 7) is 1.05. The lowest BCUT2D eigenvalue weighted by Crippen LogP contribution is -2.24. The average molecular weight is 423 g/mol. The molecule has 2 aromatic carbocycles. The number of aromatic amines is 1. The molecule has 9 heteroatoms. The number of aromatic nitrogens is 5. The zero-order chi connectivity index (χ0) is 20.5. The van der Waals surface area contributed by atoms with E-state index in [-0.39, 0.29) is 11.8 Å². The summed E-state index contributed by atoms with van der Waals surface area (Å²) in [7, 11) is 1.94. The molecule has 3 heterocycles. The van der Waals surface area contributed by atoms with Gasteiger partial charge >= 0.3 is 5.69 Å². The number of nitrogens with one attached hydrogen (secondary N) is 1. The molecular weight excluding hydrogens is 402 g/mol. The molecule has 0 bridgehead atoms. The maximum atomic E-state index is 12.2. The lowest BCUT2D eigenvalue weighted by atomic mass is 10.2. The lowest BCUT2D eigenvalue weighted by molar-refractivity contribution is 0.0825. The third-order valence-electron chi connectivity index (χ3n) is 5.10. The van der Waals surface area contributed by atoms with E-state index < -0.39 is 0 Å². The van der Waals surface area contributed by atoms with Crippen LogP contribution in [0.25, 0.3) is 11.0 Å². The molecule has 0 spiro atoms. The quantitative estimate of drug-likeness (QED) is 0.379. The van der Waals surface area contributed by atoms with E-state index in [0.29, 0.717) is 13.2 Å². The van der Waals surface area contributed by atoms with Gasteiger partial charge in [0, 0.05) is 19.3 Å². The van der Waals surface area contributed by atoms with Crippen LogP contribution in [-0.4, -0.2) is 36.7 Å². The fraction of sp³-hybridized carbons (Fsp3) is 0.286. The number of ether oxygens (including phenoxy) is 2. The molecular formula is C21H21N5O3S. The molecule has 2 aromatic heterocycles. The highest BCUT2D eigenvalue weighted by Crippen LogP contribution is 2.35. The van der Waals surface area contributed by atoms with Crippen molar-refractivity contribution in [2.45, 2.75) is 24.2 Å². The van der Waals surface area contributed by atoms with E-state index in [2.05, 4.69) is 15.2 Å². The van der Waals surface area contributed by atoms with Crippen molar-refractivity contribution in [3.05, 3.63) is 64.8 Å². The SMILES string of the molecule is Cn1c(SCCCn2c(=O)[nH]c3ccccc32)nnc1C1COc2ccccc2O1. The third-order valence-corrected chi connectivity index (χ3v) is 6.21. The first-order chi connectivity index (χ1) is 14.7.